The van der Waals surface area contributed by atoms with Crippen molar-refractivity contribution < 1.29 is 18.7 Å². The molecule has 0 aromatic heterocycles. The van der Waals surface area contributed by atoms with Gasteiger partial charge in [-0.3, -0.25) is 25.8 Å². The van der Waals surface area contributed by atoms with Crippen molar-refractivity contribution in [1.82, 2.24) is 16.2 Å². The number of amides is 2. The van der Waals surface area contributed by atoms with E-state index in [0.717, 1.165) is 6.07 Å². The van der Waals surface area contributed by atoms with Crippen molar-refractivity contribution in [2.24, 2.45) is 0 Å². The molecule has 6 nitrogen and oxygen atoms in total. The Labute approximate surface area is 176 Å². The Hall–Kier alpha value is -2.42. The lowest BCUT2D eigenvalue weighted by Crippen LogP contribution is -2.48. The molecule has 28 heavy (non-hydrogen) atoms. The molecule has 0 aliphatic carbocycles. The van der Waals surface area contributed by atoms with E-state index in [1.54, 1.807) is 18.2 Å². The lowest BCUT2D eigenvalue weighted by molar-refractivity contribution is -0.121. The summed E-state index contributed by atoms with van der Waals surface area (Å²) in [5.74, 6) is -1.29. The molecule has 2 rings (SSSR count). The lowest BCUT2D eigenvalue weighted by atomic mass is 10.2. The highest BCUT2D eigenvalue weighted by atomic mass is 35.5. The Kier molecular flexibility index (Phi) is 8.43. The minimum atomic E-state index is -0.724. The largest absolute Gasteiger partial charge is 0.492 e. The molecular weight excluding hydrogens is 428 g/mol. The second kappa shape index (κ2) is 10.8. The Balaban J connectivity index is 1.66. The molecule has 10 heteroatoms. The number of carbonyl (C=O) groups is 2. The van der Waals surface area contributed by atoms with E-state index in [1.807, 2.05) is 0 Å². The van der Waals surface area contributed by atoms with Crippen LogP contribution in [-0.2, 0) is 4.79 Å². The molecule has 2 amide bonds. The van der Waals surface area contributed by atoms with E-state index in [2.05, 4.69) is 16.2 Å². The lowest BCUT2D eigenvalue weighted by Gasteiger charge is -2.11. The molecule has 0 spiro atoms. The third kappa shape index (κ3) is 6.95. The number of thiocarbonyl (C=S) groups is 1. The molecule has 0 radical (unpaired) electrons. The van der Waals surface area contributed by atoms with Crippen LogP contribution < -0.4 is 20.9 Å². The van der Waals surface area contributed by atoms with Gasteiger partial charge in [0, 0.05) is 11.4 Å². The molecule has 0 aliphatic heterocycles. The summed E-state index contributed by atoms with van der Waals surface area (Å²) in [7, 11) is 0. The molecule has 148 valence electrons. The van der Waals surface area contributed by atoms with Gasteiger partial charge in [-0.25, -0.2) is 4.39 Å². The molecule has 0 saturated carbocycles. The first-order chi connectivity index (χ1) is 13.4. The monoisotopic (exact) mass is 443 g/mol. The van der Waals surface area contributed by atoms with Gasteiger partial charge in [0.05, 0.1) is 17.2 Å². The maximum absolute atomic E-state index is 13.5. The van der Waals surface area contributed by atoms with Crippen molar-refractivity contribution >= 4 is 52.3 Å². The zero-order valence-electron chi connectivity index (χ0n) is 14.4. The van der Waals surface area contributed by atoms with E-state index in [1.165, 1.54) is 18.2 Å². The molecular formula is C18H16Cl2FN3O3S. The fourth-order valence-corrected chi connectivity index (χ4v) is 2.65. The Morgan fingerprint density at radius 1 is 1.11 bits per heavy atom. The Morgan fingerprint density at radius 3 is 2.57 bits per heavy atom. The van der Waals surface area contributed by atoms with Gasteiger partial charge >= 0.3 is 0 Å². The SMILES string of the molecule is O=C(CCCOc1ccc(Cl)cc1Cl)NNC(=S)NC(=O)c1ccccc1F. The predicted molar refractivity (Wildman–Crippen MR) is 109 cm³/mol. The number of halogens is 3. The molecule has 0 fully saturated rings. The van der Waals surface area contributed by atoms with Crippen molar-refractivity contribution in [3.05, 3.63) is 63.9 Å². The van der Waals surface area contributed by atoms with Crippen molar-refractivity contribution in [3.63, 3.8) is 0 Å². The molecule has 0 bridgehead atoms. The third-order valence-electron chi connectivity index (χ3n) is 3.36. The Bertz CT molecular complexity index is 883. The summed E-state index contributed by atoms with van der Waals surface area (Å²) in [5, 5.41) is 2.99. The van der Waals surface area contributed by atoms with Crippen LogP contribution in [0.1, 0.15) is 23.2 Å². The number of benzene rings is 2. The number of ether oxygens (including phenoxy) is 1. The Morgan fingerprint density at radius 2 is 1.86 bits per heavy atom. The minimum absolute atomic E-state index is 0.141. The van der Waals surface area contributed by atoms with Crippen molar-refractivity contribution in [2.75, 3.05) is 6.61 Å². The summed E-state index contributed by atoms with van der Waals surface area (Å²) in [5.41, 5.74) is 4.55. The van der Waals surface area contributed by atoms with Crippen LogP contribution in [0.5, 0.6) is 5.75 Å². The first kappa shape index (κ1) is 21.9. The maximum atomic E-state index is 13.5. The van der Waals surface area contributed by atoms with Crippen LogP contribution in [0.4, 0.5) is 4.39 Å². The highest BCUT2D eigenvalue weighted by molar-refractivity contribution is 7.80. The second-order valence-corrected chi connectivity index (χ2v) is 6.71. The van der Waals surface area contributed by atoms with Crippen LogP contribution in [0.15, 0.2) is 42.5 Å². The molecule has 0 saturated heterocycles. The van der Waals surface area contributed by atoms with Gasteiger partial charge in [-0.05, 0) is 49.0 Å². The summed E-state index contributed by atoms with van der Waals surface area (Å²) in [4.78, 5) is 23.7. The summed E-state index contributed by atoms with van der Waals surface area (Å²) in [6.45, 7) is 0.267. The molecule has 2 aromatic rings. The molecule has 2 aromatic carbocycles. The third-order valence-corrected chi connectivity index (χ3v) is 4.10. The van der Waals surface area contributed by atoms with Gasteiger partial charge in [-0.1, -0.05) is 35.3 Å². The van der Waals surface area contributed by atoms with E-state index < -0.39 is 11.7 Å². The highest BCUT2D eigenvalue weighted by Gasteiger charge is 2.12. The molecule has 3 N–H and O–H groups in total. The van der Waals surface area contributed by atoms with E-state index >= 15 is 0 Å². The fraction of sp³-hybridized carbons (Fsp3) is 0.167. The van der Waals surface area contributed by atoms with Gasteiger partial charge < -0.3 is 4.74 Å². The summed E-state index contributed by atoms with van der Waals surface area (Å²) in [6, 6.07) is 10.3. The van der Waals surface area contributed by atoms with Gasteiger partial charge in [0.2, 0.25) is 5.91 Å². The fourth-order valence-electron chi connectivity index (χ4n) is 2.04. The molecule has 0 heterocycles. The number of carbonyl (C=O) groups excluding carboxylic acids is 2. The smallest absolute Gasteiger partial charge is 0.260 e. The van der Waals surface area contributed by atoms with Gasteiger partial charge in [-0.15, -0.1) is 0 Å². The average molecular weight is 444 g/mol. The van der Waals surface area contributed by atoms with Gasteiger partial charge in [0.25, 0.3) is 5.91 Å². The summed E-state index contributed by atoms with van der Waals surface area (Å²) >= 11 is 16.7. The number of rotatable bonds is 6. The maximum Gasteiger partial charge on any atom is 0.260 e. The quantitative estimate of drug-likeness (QED) is 0.360. The first-order valence-corrected chi connectivity index (χ1v) is 9.26. The van der Waals surface area contributed by atoms with Crippen molar-refractivity contribution in [2.45, 2.75) is 12.8 Å². The first-order valence-electron chi connectivity index (χ1n) is 8.09. The van der Waals surface area contributed by atoms with E-state index in [0.29, 0.717) is 22.2 Å². The topological polar surface area (TPSA) is 79.5 Å². The van der Waals surface area contributed by atoms with Gasteiger partial charge in [-0.2, -0.15) is 0 Å². The molecule has 0 unspecified atom stereocenters. The standard InChI is InChI=1S/C18H16Cl2FN3O3S/c19-11-7-8-15(13(20)10-11)27-9-3-6-16(25)23-24-18(28)22-17(26)12-4-1-2-5-14(12)21/h1-2,4-5,7-8,10H,3,6,9H2,(H,23,25)(H2,22,24,26,28). The van der Waals surface area contributed by atoms with Crippen LogP contribution in [0.25, 0.3) is 0 Å². The zero-order chi connectivity index (χ0) is 20.5. The normalized spacial score (nSPS) is 10.1. The number of hydrogen-bond acceptors (Lipinski definition) is 4. The molecule has 0 aliphatic rings. The average Bonchev–Trinajstić information content (AvgIpc) is 2.65. The van der Waals surface area contributed by atoms with Crippen LogP contribution in [-0.4, -0.2) is 23.5 Å². The predicted octanol–water partition coefficient (Wildman–Crippen LogP) is 3.63. The number of nitrogens with one attached hydrogen (secondary N) is 3. The zero-order valence-corrected chi connectivity index (χ0v) is 16.8. The van der Waals surface area contributed by atoms with Crippen molar-refractivity contribution in [3.8, 4) is 5.75 Å². The van der Waals surface area contributed by atoms with Crippen molar-refractivity contribution in [1.29, 1.82) is 0 Å². The van der Waals surface area contributed by atoms with Gasteiger partial charge in [0.1, 0.15) is 11.6 Å². The number of hydrogen-bond donors (Lipinski definition) is 3. The number of hydrazine groups is 1. The minimum Gasteiger partial charge on any atom is -0.492 e. The van der Waals surface area contributed by atoms with E-state index in [4.69, 9.17) is 40.2 Å². The molecule has 0 atom stereocenters. The highest BCUT2D eigenvalue weighted by Crippen LogP contribution is 2.27. The summed E-state index contributed by atoms with van der Waals surface area (Å²) in [6.07, 6.45) is 0.558. The van der Waals surface area contributed by atoms with Crippen LogP contribution in [0, 0.1) is 5.82 Å². The van der Waals surface area contributed by atoms with E-state index in [9.17, 15) is 14.0 Å². The van der Waals surface area contributed by atoms with Gasteiger partial charge in [0.15, 0.2) is 5.11 Å². The second-order valence-electron chi connectivity index (χ2n) is 5.46. The van der Waals surface area contributed by atoms with E-state index in [-0.39, 0.29) is 29.6 Å². The van der Waals surface area contributed by atoms with Crippen LogP contribution >= 0.6 is 35.4 Å². The van der Waals surface area contributed by atoms with Crippen LogP contribution in [0.3, 0.4) is 0 Å². The van der Waals surface area contributed by atoms with Crippen LogP contribution in [0.2, 0.25) is 10.0 Å². The summed E-state index contributed by atoms with van der Waals surface area (Å²) < 4.78 is 19.0.